The molecular weight excluding hydrogens is 228 g/mol. The first kappa shape index (κ1) is 12.1. The van der Waals surface area contributed by atoms with Crippen LogP contribution in [0, 0.1) is 0 Å². The second kappa shape index (κ2) is 5.76. The molecule has 84 valence electrons. The van der Waals surface area contributed by atoms with Gasteiger partial charge in [-0.25, -0.2) is 0 Å². The zero-order valence-corrected chi connectivity index (χ0v) is 9.08. The first-order valence-corrected chi connectivity index (χ1v) is 4.78. The van der Waals surface area contributed by atoms with Crippen LogP contribution in [0.4, 0.5) is 5.69 Å². The number of carbonyl (C=O) groups is 2. The van der Waals surface area contributed by atoms with Gasteiger partial charge in [0.2, 0.25) is 0 Å². The van der Waals surface area contributed by atoms with E-state index in [1.807, 2.05) is 0 Å². The highest BCUT2D eigenvalue weighted by Gasteiger charge is 2.12. The van der Waals surface area contributed by atoms with Crippen LogP contribution >= 0.6 is 12.2 Å². The average Bonchev–Trinajstić information content (AvgIpc) is 2.27. The van der Waals surface area contributed by atoms with E-state index >= 15 is 0 Å². The Labute approximate surface area is 97.2 Å². The molecule has 0 saturated heterocycles. The van der Waals surface area contributed by atoms with Crippen LogP contribution in [0.2, 0.25) is 0 Å². The third kappa shape index (κ3) is 4.01. The van der Waals surface area contributed by atoms with Crippen LogP contribution in [0.15, 0.2) is 24.5 Å². The predicted molar refractivity (Wildman–Crippen MR) is 62.7 cm³/mol. The van der Waals surface area contributed by atoms with E-state index in [1.54, 1.807) is 12.1 Å². The molecule has 6 nitrogen and oxygen atoms in total. The molecule has 0 aliphatic rings. The maximum absolute atomic E-state index is 11.3. The van der Waals surface area contributed by atoms with E-state index < -0.39 is 11.8 Å². The van der Waals surface area contributed by atoms with E-state index in [2.05, 4.69) is 27.8 Å². The molecule has 7 heteroatoms. The van der Waals surface area contributed by atoms with Crippen LogP contribution in [-0.2, 0) is 9.59 Å². The summed E-state index contributed by atoms with van der Waals surface area (Å²) in [5.41, 5.74) is 5.66. The molecule has 1 aromatic rings. The highest BCUT2D eigenvalue weighted by atomic mass is 32.1. The Balaban J connectivity index is 2.46. The van der Waals surface area contributed by atoms with Gasteiger partial charge in [0.05, 0.1) is 11.5 Å². The summed E-state index contributed by atoms with van der Waals surface area (Å²) in [6.45, 7) is -0.00205. The van der Waals surface area contributed by atoms with Crippen molar-refractivity contribution in [1.82, 2.24) is 10.3 Å². The third-order valence-electron chi connectivity index (χ3n) is 1.57. The fourth-order valence-corrected chi connectivity index (χ4v) is 0.943. The number of aromatic nitrogens is 1. The van der Waals surface area contributed by atoms with Gasteiger partial charge in [0.1, 0.15) is 0 Å². The minimum absolute atomic E-state index is 0.00205. The first-order chi connectivity index (χ1) is 7.59. The SMILES string of the molecule is NC(=S)CNC(=O)C(=O)Nc1ccncc1. The standard InChI is InChI=1S/C9H10N4O2S/c10-7(16)5-12-8(14)9(15)13-6-1-3-11-4-2-6/h1-4H,5H2,(H2,10,16)(H,12,14)(H,11,13,15). The zero-order valence-electron chi connectivity index (χ0n) is 8.27. The Hall–Kier alpha value is -2.02. The van der Waals surface area contributed by atoms with Crippen LogP contribution < -0.4 is 16.4 Å². The van der Waals surface area contributed by atoms with Gasteiger partial charge in [-0.1, -0.05) is 12.2 Å². The Bertz CT molecular complexity index is 407. The van der Waals surface area contributed by atoms with Crippen molar-refractivity contribution >= 4 is 34.7 Å². The number of nitrogens with two attached hydrogens (primary N) is 1. The van der Waals surface area contributed by atoms with E-state index in [0.29, 0.717) is 5.69 Å². The fourth-order valence-electron chi connectivity index (χ4n) is 0.871. The average molecular weight is 238 g/mol. The minimum Gasteiger partial charge on any atom is -0.392 e. The van der Waals surface area contributed by atoms with Crippen molar-refractivity contribution in [2.45, 2.75) is 0 Å². The van der Waals surface area contributed by atoms with Crippen molar-refractivity contribution in [3.05, 3.63) is 24.5 Å². The molecule has 0 atom stereocenters. The quantitative estimate of drug-likeness (QED) is 0.483. The number of nitrogens with one attached hydrogen (secondary N) is 2. The van der Waals surface area contributed by atoms with E-state index in [-0.39, 0.29) is 11.5 Å². The van der Waals surface area contributed by atoms with Gasteiger partial charge in [-0.05, 0) is 12.1 Å². The largest absolute Gasteiger partial charge is 0.392 e. The number of pyridine rings is 1. The van der Waals surface area contributed by atoms with Crippen LogP contribution in [0.25, 0.3) is 0 Å². The molecule has 0 unspecified atom stereocenters. The Morgan fingerprint density at radius 1 is 1.31 bits per heavy atom. The first-order valence-electron chi connectivity index (χ1n) is 4.37. The summed E-state index contributed by atoms with van der Waals surface area (Å²) in [5.74, 6) is -1.56. The number of hydrogen-bond acceptors (Lipinski definition) is 4. The Morgan fingerprint density at radius 3 is 2.50 bits per heavy atom. The molecular formula is C9H10N4O2S. The summed E-state index contributed by atoms with van der Waals surface area (Å²) in [6.07, 6.45) is 3.01. The molecule has 0 aliphatic heterocycles. The van der Waals surface area contributed by atoms with Gasteiger partial charge < -0.3 is 16.4 Å². The number of carbonyl (C=O) groups excluding carboxylic acids is 2. The normalized spacial score (nSPS) is 9.25. The second-order valence-electron chi connectivity index (χ2n) is 2.84. The molecule has 0 bridgehead atoms. The van der Waals surface area contributed by atoms with Gasteiger partial charge in [0, 0.05) is 18.1 Å². The maximum Gasteiger partial charge on any atom is 0.313 e. The highest BCUT2D eigenvalue weighted by Crippen LogP contribution is 2.02. The van der Waals surface area contributed by atoms with Crippen molar-refractivity contribution in [2.75, 3.05) is 11.9 Å². The van der Waals surface area contributed by atoms with Crippen molar-refractivity contribution in [1.29, 1.82) is 0 Å². The maximum atomic E-state index is 11.3. The molecule has 4 N–H and O–H groups in total. The Kier molecular flexibility index (Phi) is 4.34. The van der Waals surface area contributed by atoms with E-state index in [1.165, 1.54) is 12.4 Å². The number of thiocarbonyl (C=S) groups is 1. The minimum atomic E-state index is -0.787. The summed E-state index contributed by atoms with van der Waals surface area (Å²) in [5, 5.41) is 4.66. The lowest BCUT2D eigenvalue weighted by Gasteiger charge is -2.04. The zero-order chi connectivity index (χ0) is 12.0. The van der Waals surface area contributed by atoms with Crippen LogP contribution in [0.3, 0.4) is 0 Å². The van der Waals surface area contributed by atoms with Gasteiger partial charge in [-0.15, -0.1) is 0 Å². The molecule has 1 rings (SSSR count). The molecule has 0 aromatic carbocycles. The third-order valence-corrected chi connectivity index (χ3v) is 1.71. The monoisotopic (exact) mass is 238 g/mol. The van der Waals surface area contributed by atoms with Crippen molar-refractivity contribution < 1.29 is 9.59 Å². The van der Waals surface area contributed by atoms with Crippen molar-refractivity contribution in [3.8, 4) is 0 Å². The van der Waals surface area contributed by atoms with Gasteiger partial charge in [0.15, 0.2) is 0 Å². The van der Waals surface area contributed by atoms with E-state index in [9.17, 15) is 9.59 Å². The van der Waals surface area contributed by atoms with E-state index in [4.69, 9.17) is 5.73 Å². The van der Waals surface area contributed by atoms with Crippen LogP contribution in [-0.4, -0.2) is 28.3 Å². The predicted octanol–water partition coefficient (Wildman–Crippen LogP) is -0.578. The summed E-state index contributed by atoms with van der Waals surface area (Å²) < 4.78 is 0. The van der Waals surface area contributed by atoms with Crippen LogP contribution in [0.1, 0.15) is 0 Å². The summed E-state index contributed by atoms with van der Waals surface area (Å²) >= 11 is 4.55. The lowest BCUT2D eigenvalue weighted by molar-refractivity contribution is -0.135. The molecule has 1 aromatic heterocycles. The number of rotatable bonds is 3. The highest BCUT2D eigenvalue weighted by molar-refractivity contribution is 7.80. The Morgan fingerprint density at radius 2 is 1.94 bits per heavy atom. The van der Waals surface area contributed by atoms with Gasteiger partial charge >= 0.3 is 11.8 Å². The van der Waals surface area contributed by atoms with Gasteiger partial charge in [0.25, 0.3) is 0 Å². The topological polar surface area (TPSA) is 97.1 Å². The molecule has 0 fully saturated rings. The molecule has 0 radical (unpaired) electrons. The number of hydrogen-bond donors (Lipinski definition) is 3. The van der Waals surface area contributed by atoms with Crippen molar-refractivity contribution in [3.63, 3.8) is 0 Å². The second-order valence-corrected chi connectivity index (χ2v) is 3.36. The number of anilines is 1. The smallest absolute Gasteiger partial charge is 0.313 e. The summed E-state index contributed by atoms with van der Waals surface area (Å²) in [7, 11) is 0. The van der Waals surface area contributed by atoms with Crippen LogP contribution in [0.5, 0.6) is 0 Å². The summed E-state index contributed by atoms with van der Waals surface area (Å²) in [6, 6.07) is 3.14. The fraction of sp³-hybridized carbons (Fsp3) is 0.111. The number of amides is 2. The molecule has 2 amide bonds. The molecule has 0 saturated carbocycles. The molecule has 1 heterocycles. The van der Waals surface area contributed by atoms with Gasteiger partial charge in [-0.3, -0.25) is 14.6 Å². The number of nitrogens with zero attached hydrogens (tertiary/aromatic N) is 1. The van der Waals surface area contributed by atoms with Crippen molar-refractivity contribution in [2.24, 2.45) is 5.73 Å². The lowest BCUT2D eigenvalue weighted by atomic mass is 10.4. The lowest BCUT2D eigenvalue weighted by Crippen LogP contribution is -2.39. The van der Waals surface area contributed by atoms with E-state index in [0.717, 1.165) is 0 Å². The summed E-state index contributed by atoms with van der Waals surface area (Å²) in [4.78, 5) is 26.4. The molecule has 16 heavy (non-hydrogen) atoms. The molecule has 0 aliphatic carbocycles. The van der Waals surface area contributed by atoms with Gasteiger partial charge in [-0.2, -0.15) is 0 Å². The molecule has 0 spiro atoms.